The van der Waals surface area contributed by atoms with Crippen molar-refractivity contribution in [1.29, 1.82) is 0 Å². The fraction of sp³-hybridized carbons (Fsp3) is 1.00. The van der Waals surface area contributed by atoms with Crippen LogP contribution in [0.3, 0.4) is 0 Å². The smallest absolute Gasteiger partial charge is 0.153 e. The van der Waals surface area contributed by atoms with Crippen LogP contribution in [0.25, 0.3) is 0 Å². The molecule has 1 saturated heterocycles. The fourth-order valence-corrected chi connectivity index (χ4v) is 1.89. The van der Waals surface area contributed by atoms with E-state index in [0.29, 0.717) is 12.6 Å². The molecule has 0 aromatic rings. The van der Waals surface area contributed by atoms with Gasteiger partial charge >= 0.3 is 0 Å². The van der Waals surface area contributed by atoms with Crippen LogP contribution in [0.5, 0.6) is 0 Å². The van der Waals surface area contributed by atoms with Crippen molar-refractivity contribution in [2.45, 2.75) is 37.5 Å². The predicted octanol–water partition coefficient (Wildman–Crippen LogP) is 0.151. The number of sulfone groups is 1. The van der Waals surface area contributed by atoms with Gasteiger partial charge in [-0.25, -0.2) is 8.42 Å². The number of nitrogens with one attached hydrogen (secondary N) is 2. The number of hydrogen-bond donors (Lipinski definition) is 2. The topological polar surface area (TPSA) is 58.2 Å². The fourth-order valence-electron chi connectivity index (χ4n) is 1.55. The first-order chi connectivity index (χ1) is 6.83. The van der Waals surface area contributed by atoms with Crippen LogP contribution in [0.15, 0.2) is 0 Å². The minimum atomic E-state index is -2.99. The molecular weight excluding hydrogens is 212 g/mol. The van der Waals surface area contributed by atoms with E-state index in [2.05, 4.69) is 10.6 Å². The van der Waals surface area contributed by atoms with Crippen LogP contribution in [0.1, 0.15) is 26.7 Å². The largest absolute Gasteiger partial charge is 0.315 e. The molecule has 1 aliphatic rings. The summed E-state index contributed by atoms with van der Waals surface area (Å²) < 4.78 is 22.3. The second-order valence-corrected chi connectivity index (χ2v) is 7.61. The molecule has 0 radical (unpaired) electrons. The second kappa shape index (κ2) is 4.80. The third-order valence-electron chi connectivity index (χ3n) is 3.12. The van der Waals surface area contributed by atoms with Gasteiger partial charge in [-0.15, -0.1) is 0 Å². The molecule has 5 heteroatoms. The molecule has 0 aromatic carbocycles. The number of piperidine rings is 1. The Balaban J connectivity index is 2.41. The standard InChI is InChI=1S/C10H22N2O2S/c1-10(2,15(3,13)14)8-12-9-5-4-6-11-7-9/h9,11-12H,4-8H2,1-3H3. The maximum atomic E-state index is 11.5. The highest BCUT2D eigenvalue weighted by atomic mass is 32.2. The Kier molecular flexibility index (Phi) is 4.14. The molecule has 1 atom stereocenters. The van der Waals surface area contributed by atoms with Gasteiger partial charge in [0.25, 0.3) is 0 Å². The zero-order valence-electron chi connectivity index (χ0n) is 9.84. The van der Waals surface area contributed by atoms with E-state index in [-0.39, 0.29) is 0 Å². The monoisotopic (exact) mass is 234 g/mol. The van der Waals surface area contributed by atoms with Gasteiger partial charge in [-0.3, -0.25) is 0 Å². The first kappa shape index (κ1) is 12.9. The van der Waals surface area contributed by atoms with Gasteiger partial charge < -0.3 is 10.6 Å². The van der Waals surface area contributed by atoms with E-state index < -0.39 is 14.6 Å². The summed E-state index contributed by atoms with van der Waals surface area (Å²) in [5.41, 5.74) is 0. The molecule has 0 saturated carbocycles. The van der Waals surface area contributed by atoms with Gasteiger partial charge in [0.05, 0.1) is 4.75 Å². The molecule has 2 N–H and O–H groups in total. The number of hydrogen-bond acceptors (Lipinski definition) is 4. The van der Waals surface area contributed by atoms with Crippen LogP contribution in [0.2, 0.25) is 0 Å². The van der Waals surface area contributed by atoms with Gasteiger partial charge in [-0.05, 0) is 33.2 Å². The first-order valence-electron chi connectivity index (χ1n) is 5.47. The Morgan fingerprint density at radius 2 is 2.13 bits per heavy atom. The first-order valence-corrected chi connectivity index (χ1v) is 7.36. The van der Waals surface area contributed by atoms with Crippen molar-refractivity contribution < 1.29 is 8.42 Å². The zero-order valence-corrected chi connectivity index (χ0v) is 10.7. The molecule has 1 rings (SSSR count). The van der Waals surface area contributed by atoms with Gasteiger partial charge in [-0.1, -0.05) is 0 Å². The normalized spacial score (nSPS) is 24.1. The summed E-state index contributed by atoms with van der Waals surface area (Å²) in [7, 11) is -2.99. The van der Waals surface area contributed by atoms with Crippen molar-refractivity contribution in [2.75, 3.05) is 25.9 Å². The summed E-state index contributed by atoms with van der Waals surface area (Å²) in [5.74, 6) is 0. The summed E-state index contributed by atoms with van der Waals surface area (Å²) in [6.07, 6.45) is 3.59. The van der Waals surface area contributed by atoms with Gasteiger partial charge in [0.2, 0.25) is 0 Å². The zero-order chi connectivity index (χ0) is 11.5. The lowest BCUT2D eigenvalue weighted by molar-refractivity contribution is 0.376. The van der Waals surface area contributed by atoms with Crippen molar-refractivity contribution in [3.63, 3.8) is 0 Å². The van der Waals surface area contributed by atoms with Gasteiger partial charge in [0, 0.05) is 25.4 Å². The van der Waals surface area contributed by atoms with Crippen molar-refractivity contribution in [1.82, 2.24) is 10.6 Å². The van der Waals surface area contributed by atoms with E-state index in [1.165, 1.54) is 6.26 Å². The molecule has 1 fully saturated rings. The Labute approximate surface area is 92.7 Å². The Bertz CT molecular complexity index is 293. The number of rotatable bonds is 4. The van der Waals surface area contributed by atoms with Gasteiger partial charge in [-0.2, -0.15) is 0 Å². The van der Waals surface area contributed by atoms with Crippen LogP contribution in [0.4, 0.5) is 0 Å². The average molecular weight is 234 g/mol. The SMILES string of the molecule is CC(C)(CNC1CCCNC1)S(C)(=O)=O. The minimum absolute atomic E-state index is 0.416. The van der Waals surface area contributed by atoms with E-state index in [0.717, 1.165) is 25.9 Å². The predicted molar refractivity (Wildman–Crippen MR) is 62.8 cm³/mol. The molecule has 0 aliphatic carbocycles. The molecule has 15 heavy (non-hydrogen) atoms. The lowest BCUT2D eigenvalue weighted by Gasteiger charge is -2.29. The highest BCUT2D eigenvalue weighted by molar-refractivity contribution is 7.92. The lowest BCUT2D eigenvalue weighted by atomic mass is 10.1. The molecule has 90 valence electrons. The molecule has 1 aliphatic heterocycles. The molecule has 1 unspecified atom stereocenters. The van der Waals surface area contributed by atoms with Crippen molar-refractivity contribution >= 4 is 9.84 Å². The summed E-state index contributed by atoms with van der Waals surface area (Å²) in [5, 5.41) is 6.62. The van der Waals surface area contributed by atoms with Crippen LogP contribution in [-0.2, 0) is 9.84 Å². The van der Waals surface area contributed by atoms with Crippen LogP contribution < -0.4 is 10.6 Å². The van der Waals surface area contributed by atoms with E-state index >= 15 is 0 Å². The van der Waals surface area contributed by atoms with Gasteiger partial charge in [0.1, 0.15) is 0 Å². The van der Waals surface area contributed by atoms with Crippen LogP contribution in [0, 0.1) is 0 Å². The van der Waals surface area contributed by atoms with Crippen molar-refractivity contribution in [3.8, 4) is 0 Å². The third kappa shape index (κ3) is 3.74. The molecule has 0 amide bonds. The summed E-state index contributed by atoms with van der Waals surface area (Å²) >= 11 is 0. The molecule has 0 spiro atoms. The van der Waals surface area contributed by atoms with Crippen LogP contribution >= 0.6 is 0 Å². The molecular formula is C10H22N2O2S. The molecule has 1 heterocycles. The van der Waals surface area contributed by atoms with Gasteiger partial charge in [0.15, 0.2) is 9.84 Å². The Hall–Kier alpha value is -0.130. The third-order valence-corrected chi connectivity index (χ3v) is 5.27. The average Bonchev–Trinajstić information content (AvgIpc) is 2.15. The highest BCUT2D eigenvalue weighted by Crippen LogP contribution is 2.14. The lowest BCUT2D eigenvalue weighted by Crippen LogP contribution is -2.50. The summed E-state index contributed by atoms with van der Waals surface area (Å²) in [4.78, 5) is 0. The van der Waals surface area contributed by atoms with Crippen LogP contribution in [-0.4, -0.2) is 45.1 Å². The summed E-state index contributed by atoms with van der Waals surface area (Å²) in [6, 6.07) is 0.416. The summed E-state index contributed by atoms with van der Waals surface area (Å²) in [6.45, 7) is 6.09. The van der Waals surface area contributed by atoms with E-state index in [1.807, 2.05) is 0 Å². The van der Waals surface area contributed by atoms with E-state index in [4.69, 9.17) is 0 Å². The quantitative estimate of drug-likeness (QED) is 0.727. The maximum Gasteiger partial charge on any atom is 0.153 e. The highest BCUT2D eigenvalue weighted by Gasteiger charge is 2.30. The van der Waals surface area contributed by atoms with Crippen molar-refractivity contribution in [2.24, 2.45) is 0 Å². The Morgan fingerprint density at radius 1 is 1.47 bits per heavy atom. The minimum Gasteiger partial charge on any atom is -0.315 e. The van der Waals surface area contributed by atoms with E-state index in [9.17, 15) is 8.42 Å². The Morgan fingerprint density at radius 3 is 2.60 bits per heavy atom. The molecule has 4 nitrogen and oxygen atoms in total. The van der Waals surface area contributed by atoms with E-state index in [1.54, 1.807) is 13.8 Å². The molecule has 0 aromatic heterocycles. The molecule has 0 bridgehead atoms. The van der Waals surface area contributed by atoms with Crippen molar-refractivity contribution in [3.05, 3.63) is 0 Å². The second-order valence-electron chi connectivity index (χ2n) is 4.96. The maximum absolute atomic E-state index is 11.5.